The molecule has 5 rings (SSSR count). The summed E-state index contributed by atoms with van der Waals surface area (Å²) >= 11 is 5.90. The van der Waals surface area contributed by atoms with Gasteiger partial charge in [0, 0.05) is 23.9 Å². The van der Waals surface area contributed by atoms with E-state index in [2.05, 4.69) is 15.0 Å². The molecule has 46 heavy (non-hydrogen) atoms. The maximum absolute atomic E-state index is 13.5. The minimum atomic E-state index is -4.64. The van der Waals surface area contributed by atoms with Gasteiger partial charge in [-0.05, 0) is 74.4 Å². The SMILES string of the molecule is CC1(C)Oc2ccc(C(=O)NCCc3ccccc3)cc2C(NS(=O)(=O)c2ccc(Oc3ncc(C(F)(F)F)cc3Cl)cc2)C1O. The minimum absolute atomic E-state index is 0.0635. The monoisotopic (exact) mass is 675 g/mol. The summed E-state index contributed by atoms with van der Waals surface area (Å²) in [7, 11) is -4.27. The highest BCUT2D eigenvalue weighted by molar-refractivity contribution is 7.89. The number of hydrogen-bond donors (Lipinski definition) is 3. The van der Waals surface area contributed by atoms with Gasteiger partial charge in [-0.2, -0.15) is 13.2 Å². The number of pyridine rings is 1. The number of aromatic nitrogens is 1. The van der Waals surface area contributed by atoms with E-state index in [0.29, 0.717) is 31.0 Å². The fraction of sp³-hybridized carbons (Fsp3) is 0.250. The van der Waals surface area contributed by atoms with E-state index in [0.717, 1.165) is 5.56 Å². The van der Waals surface area contributed by atoms with Gasteiger partial charge in [-0.3, -0.25) is 4.79 Å². The molecule has 1 aliphatic heterocycles. The van der Waals surface area contributed by atoms with Gasteiger partial charge < -0.3 is 19.9 Å². The second-order valence-corrected chi connectivity index (χ2v) is 13.2. The molecule has 0 bridgehead atoms. The lowest BCUT2D eigenvalue weighted by atomic mass is 9.86. The lowest BCUT2D eigenvalue weighted by Gasteiger charge is -2.42. The fourth-order valence-electron chi connectivity index (χ4n) is 4.83. The third-order valence-electron chi connectivity index (χ3n) is 7.32. The Bertz CT molecular complexity index is 1840. The van der Waals surface area contributed by atoms with Gasteiger partial charge in [0.05, 0.1) is 16.5 Å². The molecule has 242 valence electrons. The first-order valence-electron chi connectivity index (χ1n) is 14.0. The smallest absolute Gasteiger partial charge is 0.417 e. The summed E-state index contributed by atoms with van der Waals surface area (Å²) in [6.07, 6.45) is -4.79. The Hall–Kier alpha value is -4.17. The normalized spacial score (nSPS) is 17.5. The van der Waals surface area contributed by atoms with Crippen molar-refractivity contribution in [3.05, 3.63) is 112 Å². The lowest BCUT2D eigenvalue weighted by molar-refractivity contribution is -0.137. The molecular weight excluding hydrogens is 647 g/mol. The maximum atomic E-state index is 13.5. The zero-order chi connectivity index (χ0) is 33.3. The van der Waals surface area contributed by atoms with E-state index in [1.165, 1.54) is 30.3 Å². The zero-order valence-electron chi connectivity index (χ0n) is 24.5. The molecule has 0 fully saturated rings. The van der Waals surface area contributed by atoms with Gasteiger partial charge in [0.15, 0.2) is 0 Å². The van der Waals surface area contributed by atoms with E-state index < -0.39 is 39.5 Å². The number of rotatable bonds is 9. The van der Waals surface area contributed by atoms with Crippen molar-refractivity contribution in [2.45, 2.75) is 49.1 Å². The van der Waals surface area contributed by atoms with Crippen LogP contribution in [0, 0.1) is 0 Å². The second-order valence-electron chi connectivity index (χ2n) is 11.1. The number of hydrogen-bond acceptors (Lipinski definition) is 7. The van der Waals surface area contributed by atoms with Crippen LogP contribution in [-0.4, -0.2) is 42.7 Å². The fourth-order valence-corrected chi connectivity index (χ4v) is 6.25. The molecule has 3 N–H and O–H groups in total. The van der Waals surface area contributed by atoms with Crippen molar-refractivity contribution in [2.75, 3.05) is 6.54 Å². The highest BCUT2D eigenvalue weighted by atomic mass is 35.5. The zero-order valence-corrected chi connectivity index (χ0v) is 26.1. The first-order valence-corrected chi connectivity index (χ1v) is 15.9. The lowest BCUT2D eigenvalue weighted by Crippen LogP contribution is -2.53. The largest absolute Gasteiger partial charge is 0.485 e. The third-order valence-corrected chi connectivity index (χ3v) is 9.04. The molecule has 2 unspecified atom stereocenters. The van der Waals surface area contributed by atoms with Crippen molar-refractivity contribution in [1.29, 1.82) is 0 Å². The average Bonchev–Trinajstić information content (AvgIpc) is 3.00. The van der Waals surface area contributed by atoms with Crippen LogP contribution in [0.4, 0.5) is 13.2 Å². The van der Waals surface area contributed by atoms with Gasteiger partial charge in [-0.15, -0.1) is 0 Å². The summed E-state index contributed by atoms with van der Waals surface area (Å²) in [5, 5.41) is 13.7. The first kappa shape index (κ1) is 33.2. The number of aliphatic hydroxyl groups is 1. The summed E-state index contributed by atoms with van der Waals surface area (Å²) in [5.74, 6) is -0.313. The van der Waals surface area contributed by atoms with Crippen LogP contribution in [-0.2, 0) is 22.6 Å². The Morgan fingerprint density at radius 3 is 2.41 bits per heavy atom. The first-order chi connectivity index (χ1) is 21.6. The number of carbonyl (C=O) groups excluding carboxylic acids is 1. The molecule has 4 aromatic rings. The number of amides is 1. The third kappa shape index (κ3) is 7.44. The number of fused-ring (bicyclic) bond motifs is 1. The van der Waals surface area contributed by atoms with E-state index in [-0.39, 0.29) is 38.6 Å². The van der Waals surface area contributed by atoms with E-state index in [1.54, 1.807) is 26.0 Å². The molecule has 2 heterocycles. The van der Waals surface area contributed by atoms with E-state index in [1.807, 2.05) is 30.3 Å². The number of ether oxygens (including phenoxy) is 2. The molecule has 0 saturated carbocycles. The van der Waals surface area contributed by atoms with Crippen LogP contribution in [0.15, 0.2) is 90.0 Å². The number of nitrogens with zero attached hydrogens (tertiary/aromatic N) is 1. The summed E-state index contributed by atoms with van der Waals surface area (Å²) < 4.78 is 79.7. The number of alkyl halides is 3. The van der Waals surface area contributed by atoms with E-state index in [9.17, 15) is 31.5 Å². The molecule has 0 radical (unpaired) electrons. The van der Waals surface area contributed by atoms with Crippen molar-refractivity contribution in [2.24, 2.45) is 0 Å². The Balaban J connectivity index is 1.33. The van der Waals surface area contributed by atoms with Gasteiger partial charge in [-0.25, -0.2) is 18.1 Å². The van der Waals surface area contributed by atoms with Crippen LogP contribution in [0.5, 0.6) is 17.4 Å². The highest BCUT2D eigenvalue weighted by Gasteiger charge is 2.45. The molecular formula is C32H29ClF3N3O6S. The molecule has 1 aliphatic rings. The van der Waals surface area contributed by atoms with Gasteiger partial charge in [0.2, 0.25) is 15.9 Å². The van der Waals surface area contributed by atoms with Crippen LogP contribution >= 0.6 is 11.6 Å². The predicted molar refractivity (Wildman–Crippen MR) is 163 cm³/mol. The molecule has 3 aromatic carbocycles. The van der Waals surface area contributed by atoms with Gasteiger partial charge in [0.25, 0.3) is 5.91 Å². The summed E-state index contributed by atoms with van der Waals surface area (Å²) in [6, 6.07) is 18.7. The van der Waals surface area contributed by atoms with Crippen molar-refractivity contribution in [1.82, 2.24) is 15.0 Å². The molecule has 0 saturated heterocycles. The summed E-state index contributed by atoms with van der Waals surface area (Å²) in [4.78, 5) is 16.4. The maximum Gasteiger partial charge on any atom is 0.417 e. The number of aliphatic hydroxyl groups excluding tert-OH is 1. The van der Waals surface area contributed by atoms with Gasteiger partial charge >= 0.3 is 6.18 Å². The highest BCUT2D eigenvalue weighted by Crippen LogP contribution is 2.41. The van der Waals surface area contributed by atoms with Crippen LogP contribution in [0.3, 0.4) is 0 Å². The topological polar surface area (TPSA) is 127 Å². The number of halogens is 4. The molecule has 2 atom stereocenters. The summed E-state index contributed by atoms with van der Waals surface area (Å²) in [5.41, 5.74) is -0.655. The molecule has 1 aromatic heterocycles. The van der Waals surface area contributed by atoms with E-state index >= 15 is 0 Å². The average molecular weight is 676 g/mol. The van der Waals surface area contributed by atoms with Crippen LogP contribution < -0.4 is 19.5 Å². The van der Waals surface area contributed by atoms with Crippen molar-refractivity contribution in [3.63, 3.8) is 0 Å². The number of nitrogens with one attached hydrogen (secondary N) is 2. The van der Waals surface area contributed by atoms with E-state index in [4.69, 9.17) is 21.1 Å². The number of carbonyl (C=O) groups is 1. The Morgan fingerprint density at radius 1 is 1.07 bits per heavy atom. The Labute approximate surface area is 268 Å². The van der Waals surface area contributed by atoms with Gasteiger partial charge in [-0.1, -0.05) is 41.9 Å². The van der Waals surface area contributed by atoms with Gasteiger partial charge in [0.1, 0.15) is 28.2 Å². The van der Waals surface area contributed by atoms with Crippen LogP contribution in [0.1, 0.15) is 46.9 Å². The molecule has 9 nitrogen and oxygen atoms in total. The van der Waals surface area contributed by atoms with Crippen LogP contribution in [0.25, 0.3) is 0 Å². The molecule has 0 aliphatic carbocycles. The van der Waals surface area contributed by atoms with Crippen molar-refractivity contribution >= 4 is 27.5 Å². The quantitative estimate of drug-likeness (QED) is 0.197. The minimum Gasteiger partial charge on any atom is -0.485 e. The Morgan fingerprint density at radius 2 is 1.76 bits per heavy atom. The summed E-state index contributed by atoms with van der Waals surface area (Å²) in [6.45, 7) is 3.60. The molecule has 0 spiro atoms. The van der Waals surface area contributed by atoms with Crippen molar-refractivity contribution < 1.29 is 41.0 Å². The van der Waals surface area contributed by atoms with Crippen LogP contribution in [0.2, 0.25) is 5.02 Å². The predicted octanol–water partition coefficient (Wildman–Crippen LogP) is 6.07. The molecule has 1 amide bonds. The Kier molecular flexibility index (Phi) is 9.32. The molecule has 14 heteroatoms. The second kappa shape index (κ2) is 12.9. The number of benzene rings is 3. The number of sulfonamides is 1. The van der Waals surface area contributed by atoms with Crippen molar-refractivity contribution in [3.8, 4) is 17.4 Å². The standard InChI is InChI=1S/C32H29ClF3N3O6S/c1-31(2)28(40)27(24-16-20(8-13-26(24)45-31)29(41)37-15-14-19-6-4-3-5-7-19)39-46(42,43)23-11-9-22(10-12-23)44-30-25(33)17-21(18-38-30)32(34,35)36/h3-13,16-18,27-28,39-40H,14-15H2,1-2H3,(H,37,41).